The van der Waals surface area contributed by atoms with Crippen LogP contribution in [0.25, 0.3) is 0 Å². The SMILES string of the molecule is CC(O)c1ccc(SCC2CCCO2)c([N+](=O)[O-])c1. The van der Waals surface area contributed by atoms with Crippen LogP contribution in [0, 0.1) is 10.1 Å². The van der Waals surface area contributed by atoms with Crippen LogP contribution >= 0.6 is 11.8 Å². The summed E-state index contributed by atoms with van der Waals surface area (Å²) in [5, 5.41) is 20.5. The molecule has 1 fully saturated rings. The van der Waals surface area contributed by atoms with Crippen LogP contribution < -0.4 is 0 Å². The first kappa shape index (κ1) is 14.3. The second-order valence-electron chi connectivity index (χ2n) is 4.61. The Kier molecular flexibility index (Phi) is 4.79. The van der Waals surface area contributed by atoms with Gasteiger partial charge in [-0.1, -0.05) is 6.07 Å². The van der Waals surface area contributed by atoms with Crippen LogP contribution in [0.2, 0.25) is 0 Å². The molecule has 104 valence electrons. The summed E-state index contributed by atoms with van der Waals surface area (Å²) in [7, 11) is 0. The van der Waals surface area contributed by atoms with E-state index in [-0.39, 0.29) is 11.8 Å². The molecule has 1 N–H and O–H groups in total. The zero-order chi connectivity index (χ0) is 13.8. The van der Waals surface area contributed by atoms with E-state index in [1.54, 1.807) is 19.1 Å². The van der Waals surface area contributed by atoms with E-state index in [2.05, 4.69) is 0 Å². The molecular weight excluding hydrogens is 266 g/mol. The molecule has 2 atom stereocenters. The van der Waals surface area contributed by atoms with Crippen LogP contribution in [0.1, 0.15) is 31.4 Å². The average molecular weight is 283 g/mol. The minimum Gasteiger partial charge on any atom is -0.389 e. The lowest BCUT2D eigenvalue weighted by molar-refractivity contribution is -0.387. The summed E-state index contributed by atoms with van der Waals surface area (Å²) in [6, 6.07) is 4.89. The number of nitrogens with zero attached hydrogens (tertiary/aromatic N) is 1. The molecular formula is C13H17NO4S. The quantitative estimate of drug-likeness (QED) is 0.511. The summed E-state index contributed by atoms with van der Waals surface area (Å²) in [6.45, 7) is 2.38. The van der Waals surface area contributed by atoms with E-state index in [0.29, 0.717) is 10.5 Å². The van der Waals surface area contributed by atoms with E-state index in [9.17, 15) is 15.2 Å². The van der Waals surface area contributed by atoms with Crippen LogP contribution in [0.4, 0.5) is 5.69 Å². The van der Waals surface area contributed by atoms with Crippen molar-refractivity contribution in [2.75, 3.05) is 12.4 Å². The summed E-state index contributed by atoms with van der Waals surface area (Å²) in [4.78, 5) is 11.3. The van der Waals surface area contributed by atoms with Gasteiger partial charge >= 0.3 is 0 Å². The van der Waals surface area contributed by atoms with Gasteiger partial charge in [0.25, 0.3) is 5.69 Å². The fraction of sp³-hybridized carbons (Fsp3) is 0.538. The van der Waals surface area contributed by atoms with E-state index >= 15 is 0 Å². The van der Waals surface area contributed by atoms with Crippen LogP contribution in [0.15, 0.2) is 23.1 Å². The molecule has 0 saturated carbocycles. The third-order valence-electron chi connectivity index (χ3n) is 3.11. The van der Waals surface area contributed by atoms with Crippen molar-refractivity contribution >= 4 is 17.4 Å². The van der Waals surface area contributed by atoms with Gasteiger partial charge in [0, 0.05) is 18.4 Å². The van der Waals surface area contributed by atoms with E-state index < -0.39 is 11.0 Å². The number of nitro benzene ring substituents is 1. The minimum absolute atomic E-state index is 0.0568. The highest BCUT2D eigenvalue weighted by Crippen LogP contribution is 2.33. The van der Waals surface area contributed by atoms with E-state index in [1.807, 2.05) is 0 Å². The van der Waals surface area contributed by atoms with Crippen LogP contribution in [-0.4, -0.2) is 28.5 Å². The first-order chi connectivity index (χ1) is 9.08. The van der Waals surface area contributed by atoms with Crippen molar-refractivity contribution in [1.29, 1.82) is 0 Å². The Morgan fingerprint density at radius 2 is 2.42 bits per heavy atom. The largest absolute Gasteiger partial charge is 0.389 e. The van der Waals surface area contributed by atoms with Crippen molar-refractivity contribution < 1.29 is 14.8 Å². The predicted molar refractivity (Wildman–Crippen MR) is 73.4 cm³/mol. The smallest absolute Gasteiger partial charge is 0.283 e. The molecule has 0 bridgehead atoms. The molecule has 0 amide bonds. The Balaban J connectivity index is 2.11. The molecule has 2 unspecified atom stereocenters. The first-order valence-corrected chi connectivity index (χ1v) is 7.27. The Hall–Kier alpha value is -1.11. The number of benzene rings is 1. The molecule has 5 nitrogen and oxygen atoms in total. The van der Waals surface area contributed by atoms with Crippen molar-refractivity contribution in [3.8, 4) is 0 Å². The second-order valence-corrected chi connectivity index (χ2v) is 5.67. The number of rotatable bonds is 5. The Morgan fingerprint density at radius 1 is 1.63 bits per heavy atom. The number of hydrogen-bond acceptors (Lipinski definition) is 5. The number of aliphatic hydroxyl groups is 1. The Morgan fingerprint density at radius 3 is 3.00 bits per heavy atom. The Labute approximate surface area is 116 Å². The van der Waals surface area contributed by atoms with Gasteiger partial charge in [-0.2, -0.15) is 0 Å². The lowest BCUT2D eigenvalue weighted by Crippen LogP contribution is -2.08. The lowest BCUT2D eigenvalue weighted by Gasteiger charge is -2.10. The van der Waals surface area contributed by atoms with Gasteiger partial charge in [0.2, 0.25) is 0 Å². The number of thioether (sulfide) groups is 1. The van der Waals surface area contributed by atoms with Gasteiger partial charge in [-0.15, -0.1) is 11.8 Å². The highest BCUT2D eigenvalue weighted by atomic mass is 32.2. The summed E-state index contributed by atoms with van der Waals surface area (Å²) in [5.41, 5.74) is 0.620. The van der Waals surface area contributed by atoms with Gasteiger partial charge in [-0.3, -0.25) is 10.1 Å². The van der Waals surface area contributed by atoms with E-state index in [4.69, 9.17) is 4.74 Å². The maximum atomic E-state index is 11.1. The lowest BCUT2D eigenvalue weighted by atomic mass is 10.1. The minimum atomic E-state index is -0.698. The molecule has 1 aliphatic rings. The third kappa shape index (κ3) is 3.68. The normalized spacial score (nSPS) is 20.4. The van der Waals surface area contributed by atoms with E-state index in [0.717, 1.165) is 25.2 Å². The van der Waals surface area contributed by atoms with Crippen molar-refractivity contribution in [1.82, 2.24) is 0 Å². The zero-order valence-electron chi connectivity index (χ0n) is 10.7. The van der Waals surface area contributed by atoms with Crippen molar-refractivity contribution in [2.24, 2.45) is 0 Å². The van der Waals surface area contributed by atoms with Gasteiger partial charge in [0.05, 0.1) is 22.0 Å². The highest BCUT2D eigenvalue weighted by Gasteiger charge is 2.20. The van der Waals surface area contributed by atoms with Crippen LogP contribution in [0.3, 0.4) is 0 Å². The van der Waals surface area contributed by atoms with Crippen molar-refractivity contribution in [3.05, 3.63) is 33.9 Å². The summed E-state index contributed by atoms with van der Waals surface area (Å²) in [6.07, 6.45) is 1.58. The van der Waals surface area contributed by atoms with Gasteiger partial charge < -0.3 is 9.84 Å². The van der Waals surface area contributed by atoms with Gasteiger partial charge in [-0.05, 0) is 31.4 Å². The summed E-state index contributed by atoms with van der Waals surface area (Å²) < 4.78 is 5.51. The molecule has 1 aliphatic heterocycles. The molecule has 6 heteroatoms. The van der Waals surface area contributed by atoms with Crippen LogP contribution in [0.5, 0.6) is 0 Å². The second kappa shape index (κ2) is 6.36. The topological polar surface area (TPSA) is 72.6 Å². The molecule has 1 heterocycles. The molecule has 1 aromatic carbocycles. The van der Waals surface area contributed by atoms with E-state index in [1.165, 1.54) is 17.8 Å². The Bertz CT molecular complexity index is 458. The average Bonchev–Trinajstić information content (AvgIpc) is 2.89. The number of ether oxygens (including phenoxy) is 1. The molecule has 0 spiro atoms. The summed E-state index contributed by atoms with van der Waals surface area (Å²) in [5.74, 6) is 0.731. The number of nitro groups is 1. The number of hydrogen-bond donors (Lipinski definition) is 1. The monoisotopic (exact) mass is 283 g/mol. The maximum Gasteiger partial charge on any atom is 0.283 e. The molecule has 2 rings (SSSR count). The maximum absolute atomic E-state index is 11.1. The van der Waals surface area contributed by atoms with Gasteiger partial charge in [0.1, 0.15) is 0 Å². The molecule has 1 saturated heterocycles. The molecule has 0 aromatic heterocycles. The van der Waals surface area contributed by atoms with Gasteiger partial charge in [0.15, 0.2) is 0 Å². The fourth-order valence-electron chi connectivity index (χ4n) is 2.02. The van der Waals surface area contributed by atoms with Crippen molar-refractivity contribution in [2.45, 2.75) is 36.9 Å². The standard InChI is InChI=1S/C13H17NO4S/c1-9(15)10-4-5-13(12(7-10)14(16)17)19-8-11-3-2-6-18-11/h4-5,7,9,11,15H,2-3,6,8H2,1H3. The highest BCUT2D eigenvalue weighted by molar-refractivity contribution is 7.99. The summed E-state index contributed by atoms with van der Waals surface area (Å²) >= 11 is 1.44. The molecule has 0 radical (unpaired) electrons. The fourth-order valence-corrected chi connectivity index (χ4v) is 3.09. The molecule has 19 heavy (non-hydrogen) atoms. The number of aliphatic hydroxyl groups excluding tert-OH is 1. The van der Waals surface area contributed by atoms with Crippen molar-refractivity contribution in [3.63, 3.8) is 0 Å². The predicted octanol–water partition coefficient (Wildman–Crippen LogP) is 2.92. The van der Waals surface area contributed by atoms with Gasteiger partial charge in [-0.25, -0.2) is 0 Å². The third-order valence-corrected chi connectivity index (χ3v) is 4.31. The zero-order valence-corrected chi connectivity index (χ0v) is 11.6. The first-order valence-electron chi connectivity index (χ1n) is 6.28. The van der Waals surface area contributed by atoms with Crippen LogP contribution in [-0.2, 0) is 4.74 Å². The molecule has 0 aliphatic carbocycles. The molecule has 1 aromatic rings.